The Balaban J connectivity index is 1.68. The number of guanidine groups is 1. The molecule has 170 valence electrons. The van der Waals surface area contributed by atoms with Crippen LogP contribution in [0.25, 0.3) is 0 Å². The summed E-state index contributed by atoms with van der Waals surface area (Å²) in [6.07, 6.45) is 7.43. The lowest BCUT2D eigenvalue weighted by Gasteiger charge is -2.47. The first kappa shape index (κ1) is 23.1. The highest BCUT2D eigenvalue weighted by Crippen LogP contribution is 2.34. The standard InChI is InChI=1S/C23H42N6O/c1-6-24-22(26-18(2)16-21-19(3)27-28(5)20(21)4)25-17-23(10-8-7-9-11-23)29-12-14-30-15-13-29/h18H,6-17H2,1-5H3,(H2,24,25,26). The van der Waals surface area contributed by atoms with Gasteiger partial charge in [0.25, 0.3) is 0 Å². The van der Waals surface area contributed by atoms with Gasteiger partial charge >= 0.3 is 0 Å². The van der Waals surface area contributed by atoms with Gasteiger partial charge < -0.3 is 15.4 Å². The van der Waals surface area contributed by atoms with Gasteiger partial charge in [-0.05, 0) is 52.5 Å². The van der Waals surface area contributed by atoms with Gasteiger partial charge in [-0.3, -0.25) is 14.6 Å². The molecule has 0 spiro atoms. The minimum Gasteiger partial charge on any atom is -0.379 e. The molecule has 1 aromatic rings. The van der Waals surface area contributed by atoms with Gasteiger partial charge in [0.1, 0.15) is 0 Å². The van der Waals surface area contributed by atoms with Gasteiger partial charge in [-0.25, -0.2) is 0 Å². The second-order valence-corrected chi connectivity index (χ2v) is 9.10. The first-order chi connectivity index (χ1) is 14.4. The first-order valence-corrected chi connectivity index (χ1v) is 11.8. The normalized spacial score (nSPS) is 21.4. The molecule has 1 saturated carbocycles. The minimum atomic E-state index is 0.199. The average Bonchev–Trinajstić information content (AvgIpc) is 2.99. The highest BCUT2D eigenvalue weighted by Gasteiger charge is 2.38. The molecule has 1 unspecified atom stereocenters. The number of rotatable bonds is 7. The molecular formula is C23H42N6O. The fraction of sp³-hybridized carbons (Fsp3) is 0.826. The molecule has 2 N–H and O–H groups in total. The monoisotopic (exact) mass is 418 g/mol. The minimum absolute atomic E-state index is 0.199. The molecule has 0 radical (unpaired) electrons. The summed E-state index contributed by atoms with van der Waals surface area (Å²) in [5.41, 5.74) is 3.91. The van der Waals surface area contributed by atoms with Gasteiger partial charge in [0.2, 0.25) is 0 Å². The number of aliphatic imine (C=N–C) groups is 1. The molecule has 1 aliphatic heterocycles. The lowest BCUT2D eigenvalue weighted by Crippen LogP contribution is -2.57. The van der Waals surface area contributed by atoms with Crippen molar-refractivity contribution in [3.8, 4) is 0 Å². The van der Waals surface area contributed by atoms with Crippen LogP contribution in [0.4, 0.5) is 0 Å². The van der Waals surface area contributed by atoms with Crippen molar-refractivity contribution in [1.82, 2.24) is 25.3 Å². The molecule has 7 nitrogen and oxygen atoms in total. The van der Waals surface area contributed by atoms with E-state index >= 15 is 0 Å². The summed E-state index contributed by atoms with van der Waals surface area (Å²) in [5.74, 6) is 0.933. The van der Waals surface area contributed by atoms with E-state index in [1.807, 2.05) is 11.7 Å². The lowest BCUT2D eigenvalue weighted by molar-refractivity contribution is -0.0333. The Hall–Kier alpha value is -1.60. The summed E-state index contributed by atoms with van der Waals surface area (Å²) < 4.78 is 7.60. The van der Waals surface area contributed by atoms with Crippen molar-refractivity contribution in [2.45, 2.75) is 77.8 Å². The van der Waals surface area contributed by atoms with Crippen molar-refractivity contribution in [3.63, 3.8) is 0 Å². The van der Waals surface area contributed by atoms with E-state index in [4.69, 9.17) is 9.73 Å². The Morgan fingerprint density at radius 1 is 1.20 bits per heavy atom. The Kier molecular flexibility index (Phi) is 8.17. The van der Waals surface area contributed by atoms with Crippen LogP contribution in [0, 0.1) is 13.8 Å². The fourth-order valence-corrected chi connectivity index (χ4v) is 5.07. The summed E-state index contributed by atoms with van der Waals surface area (Å²) in [7, 11) is 2.02. The summed E-state index contributed by atoms with van der Waals surface area (Å²) in [5, 5.41) is 11.7. The molecule has 0 aromatic carbocycles. The smallest absolute Gasteiger partial charge is 0.191 e. The Morgan fingerprint density at radius 2 is 1.90 bits per heavy atom. The molecule has 0 bridgehead atoms. The highest BCUT2D eigenvalue weighted by molar-refractivity contribution is 5.80. The number of morpholine rings is 1. The third-order valence-corrected chi connectivity index (χ3v) is 6.89. The van der Waals surface area contributed by atoms with E-state index in [2.05, 4.69) is 48.3 Å². The molecule has 0 amide bonds. The van der Waals surface area contributed by atoms with E-state index in [9.17, 15) is 0 Å². The van der Waals surface area contributed by atoms with Crippen molar-refractivity contribution in [1.29, 1.82) is 0 Å². The Morgan fingerprint density at radius 3 is 2.50 bits per heavy atom. The third kappa shape index (κ3) is 5.55. The molecule has 1 aliphatic carbocycles. The number of aryl methyl sites for hydroxylation is 2. The van der Waals surface area contributed by atoms with E-state index in [-0.39, 0.29) is 11.6 Å². The predicted octanol–water partition coefficient (Wildman–Crippen LogP) is 2.56. The van der Waals surface area contributed by atoms with E-state index < -0.39 is 0 Å². The van der Waals surface area contributed by atoms with Crippen LogP contribution in [0.2, 0.25) is 0 Å². The topological polar surface area (TPSA) is 66.7 Å². The molecule has 30 heavy (non-hydrogen) atoms. The van der Waals surface area contributed by atoms with Gasteiger partial charge in [-0.1, -0.05) is 19.3 Å². The van der Waals surface area contributed by atoms with Crippen LogP contribution in [0.15, 0.2) is 4.99 Å². The van der Waals surface area contributed by atoms with E-state index in [0.717, 1.165) is 57.5 Å². The van der Waals surface area contributed by atoms with Crippen molar-refractivity contribution in [3.05, 3.63) is 17.0 Å². The van der Waals surface area contributed by atoms with E-state index in [1.54, 1.807) is 0 Å². The average molecular weight is 419 g/mol. The quantitative estimate of drug-likeness (QED) is 0.526. The second-order valence-electron chi connectivity index (χ2n) is 9.10. The SMILES string of the molecule is CCNC(=NCC1(N2CCOCC2)CCCCC1)NC(C)Cc1c(C)nn(C)c1C. The van der Waals surface area contributed by atoms with Crippen LogP contribution in [0.3, 0.4) is 0 Å². The van der Waals surface area contributed by atoms with Crippen molar-refractivity contribution in [2.75, 3.05) is 39.4 Å². The molecule has 2 aliphatic rings. The molecular weight excluding hydrogens is 376 g/mol. The third-order valence-electron chi connectivity index (χ3n) is 6.89. The van der Waals surface area contributed by atoms with Gasteiger partial charge in [-0.15, -0.1) is 0 Å². The number of nitrogens with one attached hydrogen (secondary N) is 2. The summed E-state index contributed by atoms with van der Waals surface area (Å²) in [6, 6.07) is 0.287. The van der Waals surface area contributed by atoms with Crippen molar-refractivity contribution >= 4 is 5.96 Å². The summed E-state index contributed by atoms with van der Waals surface area (Å²) in [6.45, 7) is 14.1. The second kappa shape index (κ2) is 10.6. The summed E-state index contributed by atoms with van der Waals surface area (Å²) >= 11 is 0. The number of hydrogen-bond acceptors (Lipinski definition) is 4. The van der Waals surface area contributed by atoms with Crippen LogP contribution in [-0.2, 0) is 18.2 Å². The maximum Gasteiger partial charge on any atom is 0.191 e. The van der Waals surface area contributed by atoms with Gasteiger partial charge in [0, 0.05) is 44.0 Å². The maximum absolute atomic E-state index is 5.62. The van der Waals surface area contributed by atoms with Gasteiger partial charge in [-0.2, -0.15) is 5.10 Å². The predicted molar refractivity (Wildman–Crippen MR) is 123 cm³/mol. The number of hydrogen-bond donors (Lipinski definition) is 2. The molecule has 1 atom stereocenters. The Bertz CT molecular complexity index is 701. The largest absolute Gasteiger partial charge is 0.379 e. The molecule has 1 aromatic heterocycles. The molecule has 7 heteroatoms. The van der Waals surface area contributed by atoms with Gasteiger partial charge in [0.05, 0.1) is 25.5 Å². The van der Waals surface area contributed by atoms with Crippen LogP contribution >= 0.6 is 0 Å². The highest BCUT2D eigenvalue weighted by atomic mass is 16.5. The number of nitrogens with zero attached hydrogens (tertiary/aromatic N) is 4. The first-order valence-electron chi connectivity index (χ1n) is 11.8. The number of ether oxygens (including phenoxy) is 1. The number of aromatic nitrogens is 2. The fourth-order valence-electron chi connectivity index (χ4n) is 5.07. The van der Waals surface area contributed by atoms with Crippen LogP contribution in [-0.4, -0.2) is 71.6 Å². The zero-order chi connectivity index (χ0) is 21.6. The maximum atomic E-state index is 5.62. The van der Waals surface area contributed by atoms with Crippen LogP contribution < -0.4 is 10.6 Å². The van der Waals surface area contributed by atoms with E-state index in [1.165, 1.54) is 43.4 Å². The van der Waals surface area contributed by atoms with Crippen molar-refractivity contribution in [2.24, 2.45) is 12.0 Å². The van der Waals surface area contributed by atoms with Crippen LogP contribution in [0.5, 0.6) is 0 Å². The van der Waals surface area contributed by atoms with E-state index in [0.29, 0.717) is 0 Å². The molecule has 2 heterocycles. The zero-order valence-corrected chi connectivity index (χ0v) is 19.8. The molecule has 1 saturated heterocycles. The van der Waals surface area contributed by atoms with Crippen molar-refractivity contribution < 1.29 is 4.74 Å². The zero-order valence-electron chi connectivity index (χ0n) is 19.8. The molecule has 3 rings (SSSR count). The molecule has 2 fully saturated rings. The van der Waals surface area contributed by atoms with Gasteiger partial charge in [0.15, 0.2) is 5.96 Å². The van der Waals surface area contributed by atoms with Crippen LogP contribution in [0.1, 0.15) is 62.9 Å². The Labute approximate surface area is 182 Å². The summed E-state index contributed by atoms with van der Waals surface area (Å²) in [4.78, 5) is 7.77. The lowest BCUT2D eigenvalue weighted by atomic mass is 9.80.